The van der Waals surface area contributed by atoms with E-state index in [0.29, 0.717) is 37.8 Å². The normalized spacial score (nSPS) is 16.7. The molecule has 2 aromatic carbocycles. The average Bonchev–Trinajstić information content (AvgIpc) is 3.35. The highest BCUT2D eigenvalue weighted by molar-refractivity contribution is 5.67. The second kappa shape index (κ2) is 9.03. The van der Waals surface area contributed by atoms with E-state index in [2.05, 4.69) is 4.98 Å². The molecule has 0 saturated carbocycles. The number of non-ortho nitro benzene ring substituents is 1. The first-order chi connectivity index (χ1) is 16.1. The fraction of sp³-hybridized carbons (Fsp3) is 0.333. The summed E-state index contributed by atoms with van der Waals surface area (Å²) in [6.45, 7) is 1.97. The molecule has 0 amide bonds. The van der Waals surface area contributed by atoms with E-state index in [1.807, 2.05) is 24.3 Å². The summed E-state index contributed by atoms with van der Waals surface area (Å²) in [5.41, 5.74) is 3.38. The van der Waals surface area contributed by atoms with Gasteiger partial charge in [0.05, 0.1) is 16.7 Å². The Morgan fingerprint density at radius 3 is 2.76 bits per heavy atom. The summed E-state index contributed by atoms with van der Waals surface area (Å²) in [6.07, 6.45) is 2.72. The Morgan fingerprint density at radius 1 is 1.15 bits per heavy atom. The van der Waals surface area contributed by atoms with Crippen LogP contribution >= 0.6 is 0 Å². The number of nitrogens with zero attached hydrogens (tertiary/aromatic N) is 3. The third kappa shape index (κ3) is 4.58. The SMILES string of the molecule is O=c1nc(OCC2CCCO2)cc2n1CCc1cc(OCc3ccc([N+](=O)[O-])cc3)ccc1-2. The van der Waals surface area contributed by atoms with E-state index in [4.69, 9.17) is 14.2 Å². The lowest BCUT2D eigenvalue weighted by atomic mass is 9.97. The Hall–Kier alpha value is -3.72. The van der Waals surface area contributed by atoms with Gasteiger partial charge in [0.1, 0.15) is 19.0 Å². The lowest BCUT2D eigenvalue weighted by molar-refractivity contribution is -0.384. The number of nitro groups is 1. The molecule has 3 heterocycles. The predicted octanol–water partition coefficient (Wildman–Crippen LogP) is 3.51. The van der Waals surface area contributed by atoms with Crippen LogP contribution in [0.3, 0.4) is 0 Å². The van der Waals surface area contributed by atoms with Gasteiger partial charge in [-0.15, -0.1) is 0 Å². The number of ether oxygens (including phenoxy) is 3. The maximum absolute atomic E-state index is 12.6. The predicted molar refractivity (Wildman–Crippen MR) is 120 cm³/mol. The van der Waals surface area contributed by atoms with E-state index in [9.17, 15) is 14.9 Å². The van der Waals surface area contributed by atoms with Gasteiger partial charge in [-0.1, -0.05) is 0 Å². The van der Waals surface area contributed by atoms with Gasteiger partial charge >= 0.3 is 5.69 Å². The monoisotopic (exact) mass is 449 g/mol. The maximum atomic E-state index is 12.6. The second-order valence-electron chi connectivity index (χ2n) is 8.14. The zero-order valence-corrected chi connectivity index (χ0v) is 17.9. The van der Waals surface area contributed by atoms with Crippen LogP contribution < -0.4 is 15.2 Å². The first kappa shape index (κ1) is 21.1. The van der Waals surface area contributed by atoms with Crippen LogP contribution in [-0.4, -0.2) is 33.8 Å². The Balaban J connectivity index is 1.32. The minimum atomic E-state index is -0.425. The van der Waals surface area contributed by atoms with Crippen molar-refractivity contribution in [2.24, 2.45) is 0 Å². The summed E-state index contributed by atoms with van der Waals surface area (Å²) in [4.78, 5) is 27.0. The third-order valence-corrected chi connectivity index (χ3v) is 5.94. The summed E-state index contributed by atoms with van der Waals surface area (Å²) in [7, 11) is 0. The van der Waals surface area contributed by atoms with Crippen molar-refractivity contribution in [3.8, 4) is 22.9 Å². The molecular weight excluding hydrogens is 426 g/mol. The highest BCUT2D eigenvalue weighted by Crippen LogP contribution is 2.32. The molecule has 0 N–H and O–H groups in total. The van der Waals surface area contributed by atoms with Crippen molar-refractivity contribution in [3.63, 3.8) is 0 Å². The van der Waals surface area contributed by atoms with Gasteiger partial charge in [-0.2, -0.15) is 4.98 Å². The number of hydrogen-bond donors (Lipinski definition) is 0. The molecule has 170 valence electrons. The highest BCUT2D eigenvalue weighted by atomic mass is 16.6. The molecular formula is C24H23N3O6. The standard InChI is InChI=1S/C24H23N3O6/c28-24-25-23(33-15-20-2-1-11-31-20)13-22-21-8-7-19(12-17(21)9-10-26(22)24)32-14-16-3-5-18(6-4-16)27(29)30/h3-8,12-13,20H,1-2,9-11,14-15H2. The highest BCUT2D eigenvalue weighted by Gasteiger charge is 2.21. The first-order valence-electron chi connectivity index (χ1n) is 10.9. The number of rotatable bonds is 7. The zero-order valence-electron chi connectivity index (χ0n) is 17.9. The number of benzene rings is 2. The van der Waals surface area contributed by atoms with E-state index in [1.54, 1.807) is 16.7 Å². The molecule has 9 heteroatoms. The average molecular weight is 449 g/mol. The van der Waals surface area contributed by atoms with Gasteiger partial charge in [0.2, 0.25) is 5.88 Å². The lowest BCUT2D eigenvalue weighted by Crippen LogP contribution is -2.29. The van der Waals surface area contributed by atoms with Crippen LogP contribution in [0.25, 0.3) is 11.3 Å². The molecule has 0 radical (unpaired) electrons. The molecule has 1 fully saturated rings. The minimum absolute atomic E-state index is 0.0494. The van der Waals surface area contributed by atoms with Crippen LogP contribution in [-0.2, 0) is 24.3 Å². The van der Waals surface area contributed by atoms with Gasteiger partial charge < -0.3 is 14.2 Å². The maximum Gasteiger partial charge on any atom is 0.351 e. The van der Waals surface area contributed by atoms with Gasteiger partial charge in [0.15, 0.2) is 0 Å². The van der Waals surface area contributed by atoms with Crippen molar-refractivity contribution in [2.45, 2.75) is 38.5 Å². The molecule has 1 saturated heterocycles. The Morgan fingerprint density at radius 2 is 2.00 bits per heavy atom. The van der Waals surface area contributed by atoms with E-state index < -0.39 is 4.92 Å². The molecule has 2 aliphatic rings. The minimum Gasteiger partial charge on any atom is -0.489 e. The largest absolute Gasteiger partial charge is 0.489 e. The fourth-order valence-corrected chi connectivity index (χ4v) is 4.18. The Labute approximate surface area is 189 Å². The Kier molecular flexibility index (Phi) is 5.78. The molecule has 0 spiro atoms. The Bertz CT molecular complexity index is 1230. The van der Waals surface area contributed by atoms with Gasteiger partial charge in [0.25, 0.3) is 5.69 Å². The third-order valence-electron chi connectivity index (χ3n) is 5.94. The van der Waals surface area contributed by atoms with Crippen molar-refractivity contribution in [1.29, 1.82) is 0 Å². The van der Waals surface area contributed by atoms with Crippen LogP contribution in [0.4, 0.5) is 5.69 Å². The molecule has 9 nitrogen and oxygen atoms in total. The molecule has 3 aromatic rings. The second-order valence-corrected chi connectivity index (χ2v) is 8.14. The quantitative estimate of drug-likeness (QED) is 0.401. The molecule has 5 rings (SSSR count). The number of aryl methyl sites for hydroxylation is 1. The molecule has 33 heavy (non-hydrogen) atoms. The molecule has 1 aromatic heterocycles. The summed E-state index contributed by atoms with van der Waals surface area (Å²) in [6, 6.07) is 13.9. The summed E-state index contributed by atoms with van der Waals surface area (Å²) < 4.78 is 18.9. The van der Waals surface area contributed by atoms with E-state index in [-0.39, 0.29) is 17.5 Å². The molecule has 1 unspecified atom stereocenters. The van der Waals surface area contributed by atoms with Crippen molar-refractivity contribution >= 4 is 5.69 Å². The lowest BCUT2D eigenvalue weighted by Gasteiger charge is -2.22. The molecule has 2 aliphatic heterocycles. The van der Waals surface area contributed by atoms with Crippen LogP contribution in [0.2, 0.25) is 0 Å². The van der Waals surface area contributed by atoms with Crippen molar-refractivity contribution in [3.05, 3.63) is 80.3 Å². The summed E-state index contributed by atoms with van der Waals surface area (Å²) in [5.74, 6) is 1.01. The number of hydrogen-bond acceptors (Lipinski definition) is 7. The van der Waals surface area contributed by atoms with Gasteiger partial charge in [0, 0.05) is 36.9 Å². The summed E-state index contributed by atoms with van der Waals surface area (Å²) in [5, 5.41) is 10.8. The van der Waals surface area contributed by atoms with Gasteiger partial charge in [-0.3, -0.25) is 14.7 Å². The van der Waals surface area contributed by atoms with Crippen LogP contribution in [0, 0.1) is 10.1 Å². The number of aromatic nitrogens is 2. The zero-order chi connectivity index (χ0) is 22.8. The van der Waals surface area contributed by atoms with Crippen LogP contribution in [0.5, 0.6) is 11.6 Å². The van der Waals surface area contributed by atoms with Gasteiger partial charge in [-0.25, -0.2) is 4.79 Å². The fourth-order valence-electron chi connectivity index (χ4n) is 4.18. The van der Waals surface area contributed by atoms with Gasteiger partial charge in [-0.05, 0) is 60.7 Å². The smallest absolute Gasteiger partial charge is 0.351 e. The first-order valence-corrected chi connectivity index (χ1v) is 10.9. The molecule has 0 bridgehead atoms. The molecule has 1 atom stereocenters. The van der Waals surface area contributed by atoms with E-state index in [0.717, 1.165) is 41.8 Å². The van der Waals surface area contributed by atoms with Crippen molar-refractivity contribution < 1.29 is 19.1 Å². The molecule has 0 aliphatic carbocycles. The topological polar surface area (TPSA) is 106 Å². The van der Waals surface area contributed by atoms with Crippen molar-refractivity contribution in [2.75, 3.05) is 13.2 Å². The number of fused-ring (bicyclic) bond motifs is 3. The van der Waals surface area contributed by atoms with Crippen LogP contribution in [0.15, 0.2) is 53.3 Å². The van der Waals surface area contributed by atoms with Crippen LogP contribution in [0.1, 0.15) is 24.0 Å². The van der Waals surface area contributed by atoms with Crippen molar-refractivity contribution in [1.82, 2.24) is 9.55 Å². The van der Waals surface area contributed by atoms with E-state index >= 15 is 0 Å². The number of nitro benzene ring substituents is 1. The summed E-state index contributed by atoms with van der Waals surface area (Å²) >= 11 is 0. The van der Waals surface area contributed by atoms with E-state index in [1.165, 1.54) is 12.1 Å².